The van der Waals surface area contributed by atoms with Crippen LogP contribution in [0.2, 0.25) is 0 Å². The van der Waals surface area contributed by atoms with Crippen LogP contribution in [-0.4, -0.2) is 35.6 Å². The van der Waals surface area contributed by atoms with Gasteiger partial charge >= 0.3 is 0 Å². The Morgan fingerprint density at radius 1 is 1.53 bits per heavy atom. The number of hydrogen-bond acceptors (Lipinski definition) is 4. The molecule has 0 bridgehead atoms. The summed E-state index contributed by atoms with van der Waals surface area (Å²) in [6, 6.07) is 0.494. The van der Waals surface area contributed by atoms with Crippen molar-refractivity contribution in [2.45, 2.75) is 32.7 Å². The fraction of sp³-hybridized carbons (Fsp3) is 0.727. The molecule has 15 heavy (non-hydrogen) atoms. The molecule has 1 aliphatic heterocycles. The van der Waals surface area contributed by atoms with Crippen molar-refractivity contribution in [2.24, 2.45) is 0 Å². The van der Waals surface area contributed by atoms with Crippen molar-refractivity contribution in [2.75, 3.05) is 25.0 Å². The maximum Gasteiger partial charge on any atom is 0.183 e. The first-order valence-corrected chi connectivity index (χ1v) is 6.53. The smallest absolute Gasteiger partial charge is 0.183 e. The molecule has 1 saturated heterocycles. The number of rotatable bonds is 4. The monoisotopic (exact) mass is 225 g/mol. The Labute approximate surface area is 95.5 Å². The van der Waals surface area contributed by atoms with E-state index in [-0.39, 0.29) is 0 Å². The van der Waals surface area contributed by atoms with Crippen LogP contribution in [0.25, 0.3) is 0 Å². The quantitative estimate of drug-likeness (QED) is 0.852. The van der Waals surface area contributed by atoms with Crippen molar-refractivity contribution < 1.29 is 0 Å². The van der Waals surface area contributed by atoms with Crippen molar-refractivity contribution in [1.82, 2.24) is 9.88 Å². The lowest BCUT2D eigenvalue weighted by Crippen LogP contribution is -2.32. The Morgan fingerprint density at radius 2 is 2.27 bits per heavy atom. The van der Waals surface area contributed by atoms with Crippen LogP contribution in [-0.2, 0) is 0 Å². The Balaban J connectivity index is 1.78. The molecule has 0 aromatic carbocycles. The van der Waals surface area contributed by atoms with E-state index in [4.69, 9.17) is 0 Å². The van der Waals surface area contributed by atoms with Crippen LogP contribution >= 0.6 is 11.3 Å². The lowest BCUT2D eigenvalue weighted by atomic mass is 10.3. The number of hydrogen-bond donors (Lipinski definition) is 1. The van der Waals surface area contributed by atoms with Gasteiger partial charge in [0.25, 0.3) is 0 Å². The Hall–Kier alpha value is -0.610. The van der Waals surface area contributed by atoms with Gasteiger partial charge in [0.05, 0.1) is 5.69 Å². The van der Waals surface area contributed by atoms with Crippen molar-refractivity contribution in [3.63, 3.8) is 0 Å². The third-order valence-electron chi connectivity index (χ3n) is 2.72. The second-order valence-electron chi connectivity index (χ2n) is 4.35. The number of nitrogens with zero attached hydrogens (tertiary/aromatic N) is 2. The average Bonchev–Trinajstić information content (AvgIpc) is 2.77. The molecule has 0 radical (unpaired) electrons. The lowest BCUT2D eigenvalue weighted by Gasteiger charge is -2.20. The van der Waals surface area contributed by atoms with Crippen LogP contribution in [0.1, 0.15) is 25.5 Å². The van der Waals surface area contributed by atoms with Gasteiger partial charge in [0.1, 0.15) is 0 Å². The van der Waals surface area contributed by atoms with E-state index in [1.165, 1.54) is 25.9 Å². The highest BCUT2D eigenvalue weighted by Gasteiger charge is 2.14. The molecule has 1 aromatic heterocycles. The summed E-state index contributed by atoms with van der Waals surface area (Å²) in [5, 5.41) is 6.60. The first kappa shape index (κ1) is 10.9. The van der Waals surface area contributed by atoms with E-state index in [2.05, 4.69) is 27.5 Å². The molecule has 84 valence electrons. The van der Waals surface area contributed by atoms with Gasteiger partial charge in [-0.15, -0.1) is 11.3 Å². The molecule has 1 aromatic rings. The van der Waals surface area contributed by atoms with E-state index < -0.39 is 0 Å². The van der Waals surface area contributed by atoms with Crippen LogP contribution in [0.4, 0.5) is 5.13 Å². The van der Waals surface area contributed by atoms with E-state index in [0.29, 0.717) is 6.04 Å². The molecular formula is C11H19N3S. The van der Waals surface area contributed by atoms with Gasteiger partial charge < -0.3 is 10.2 Å². The van der Waals surface area contributed by atoms with Gasteiger partial charge in [-0.05, 0) is 39.8 Å². The van der Waals surface area contributed by atoms with Gasteiger partial charge in [0.15, 0.2) is 5.13 Å². The minimum Gasteiger partial charge on any atom is -0.358 e. The lowest BCUT2D eigenvalue weighted by molar-refractivity contribution is 0.328. The molecule has 4 heteroatoms. The summed E-state index contributed by atoms with van der Waals surface area (Å²) >= 11 is 1.70. The van der Waals surface area contributed by atoms with E-state index >= 15 is 0 Å². The summed E-state index contributed by atoms with van der Waals surface area (Å²) in [5.74, 6) is 0. The number of anilines is 1. The van der Waals surface area contributed by atoms with Gasteiger partial charge in [-0.1, -0.05) is 0 Å². The zero-order chi connectivity index (χ0) is 10.7. The largest absolute Gasteiger partial charge is 0.358 e. The highest BCUT2D eigenvalue weighted by atomic mass is 32.1. The normalized spacial score (nSPS) is 19.3. The van der Waals surface area contributed by atoms with Gasteiger partial charge in [0.2, 0.25) is 0 Å². The van der Waals surface area contributed by atoms with E-state index in [1.807, 2.05) is 6.92 Å². The molecule has 1 N–H and O–H groups in total. The van der Waals surface area contributed by atoms with Crippen LogP contribution in [0.3, 0.4) is 0 Å². The molecular weight excluding hydrogens is 206 g/mol. The maximum atomic E-state index is 4.41. The van der Waals surface area contributed by atoms with Gasteiger partial charge in [0, 0.05) is 18.0 Å². The molecule has 3 nitrogen and oxygen atoms in total. The Bertz CT molecular complexity index is 305. The molecule has 1 aliphatic rings. The van der Waals surface area contributed by atoms with Crippen LogP contribution in [0.15, 0.2) is 5.38 Å². The average molecular weight is 225 g/mol. The molecule has 1 unspecified atom stereocenters. The second-order valence-corrected chi connectivity index (χ2v) is 5.21. The summed E-state index contributed by atoms with van der Waals surface area (Å²) in [6.45, 7) is 7.94. The molecule has 0 amide bonds. The molecule has 2 heterocycles. The third-order valence-corrected chi connectivity index (χ3v) is 3.61. The fourth-order valence-corrected chi connectivity index (χ4v) is 2.83. The second kappa shape index (κ2) is 4.94. The minimum absolute atomic E-state index is 0.494. The third kappa shape index (κ3) is 3.18. The first-order chi connectivity index (χ1) is 7.24. The molecule has 2 rings (SSSR count). The van der Waals surface area contributed by atoms with Crippen molar-refractivity contribution >= 4 is 16.5 Å². The van der Waals surface area contributed by atoms with E-state index in [0.717, 1.165) is 17.4 Å². The summed E-state index contributed by atoms with van der Waals surface area (Å²) in [5.41, 5.74) is 1.11. The zero-order valence-corrected chi connectivity index (χ0v) is 10.3. The van der Waals surface area contributed by atoms with Crippen LogP contribution < -0.4 is 5.32 Å². The van der Waals surface area contributed by atoms with Crippen LogP contribution in [0.5, 0.6) is 0 Å². The van der Waals surface area contributed by atoms with Crippen molar-refractivity contribution in [3.05, 3.63) is 11.1 Å². The number of thiazole rings is 1. The number of nitrogens with one attached hydrogen (secondary N) is 1. The number of aryl methyl sites for hydroxylation is 1. The van der Waals surface area contributed by atoms with Crippen LogP contribution in [0, 0.1) is 6.92 Å². The summed E-state index contributed by atoms with van der Waals surface area (Å²) in [4.78, 5) is 6.94. The topological polar surface area (TPSA) is 28.2 Å². The molecule has 0 saturated carbocycles. The molecule has 0 spiro atoms. The van der Waals surface area contributed by atoms with E-state index in [1.54, 1.807) is 11.3 Å². The highest BCUT2D eigenvalue weighted by Crippen LogP contribution is 2.16. The summed E-state index contributed by atoms with van der Waals surface area (Å²) < 4.78 is 0. The van der Waals surface area contributed by atoms with Gasteiger partial charge in [-0.3, -0.25) is 0 Å². The van der Waals surface area contributed by atoms with E-state index in [9.17, 15) is 0 Å². The predicted octanol–water partition coefficient (Wildman–Crippen LogP) is 2.35. The Kier molecular flexibility index (Phi) is 3.59. The number of aromatic nitrogens is 1. The highest BCUT2D eigenvalue weighted by molar-refractivity contribution is 7.13. The summed E-state index contributed by atoms with van der Waals surface area (Å²) in [7, 11) is 0. The molecule has 1 fully saturated rings. The Morgan fingerprint density at radius 3 is 2.87 bits per heavy atom. The van der Waals surface area contributed by atoms with Crippen molar-refractivity contribution in [1.29, 1.82) is 0 Å². The molecule has 0 aliphatic carbocycles. The maximum absolute atomic E-state index is 4.41. The summed E-state index contributed by atoms with van der Waals surface area (Å²) in [6.07, 6.45) is 2.73. The fourth-order valence-electron chi connectivity index (χ4n) is 2.03. The minimum atomic E-state index is 0.494. The molecule has 1 atom stereocenters. The first-order valence-electron chi connectivity index (χ1n) is 5.65. The van der Waals surface area contributed by atoms with Gasteiger partial charge in [-0.25, -0.2) is 4.98 Å². The zero-order valence-electron chi connectivity index (χ0n) is 9.49. The predicted molar refractivity (Wildman–Crippen MR) is 65.6 cm³/mol. The SMILES string of the molecule is Cc1csc(NC(C)CN2CCCC2)n1. The standard InChI is InChI=1S/C11H19N3S/c1-9(7-14-5-3-4-6-14)12-11-13-10(2)8-15-11/h8-9H,3-7H2,1-2H3,(H,12,13). The van der Waals surface area contributed by atoms with Gasteiger partial charge in [-0.2, -0.15) is 0 Å². The van der Waals surface area contributed by atoms with Crippen molar-refractivity contribution in [3.8, 4) is 0 Å². The number of likely N-dealkylation sites (tertiary alicyclic amines) is 1.